The largest absolute Gasteiger partial charge is 0.369 e. The maximum Gasteiger partial charge on any atom is 0.183 e. The summed E-state index contributed by atoms with van der Waals surface area (Å²) in [6, 6.07) is 4.60. The summed E-state index contributed by atoms with van der Waals surface area (Å²) in [6.45, 7) is 1.59. The second kappa shape index (κ2) is 5.40. The van der Waals surface area contributed by atoms with Gasteiger partial charge in [0.2, 0.25) is 0 Å². The third-order valence-corrected chi connectivity index (χ3v) is 4.81. The fourth-order valence-electron chi connectivity index (χ4n) is 3.69. The second-order valence-corrected chi connectivity index (χ2v) is 5.91. The molecule has 3 rings (SSSR count). The number of nitrogens with zero attached hydrogens (tertiary/aromatic N) is 2. The molecule has 1 saturated heterocycles. The fraction of sp³-hybridized carbons (Fsp3) is 0.562. The van der Waals surface area contributed by atoms with Crippen LogP contribution in [0.2, 0.25) is 0 Å². The number of piperidine rings is 1. The van der Waals surface area contributed by atoms with Crippen LogP contribution in [-0.4, -0.2) is 13.1 Å². The highest BCUT2D eigenvalue weighted by molar-refractivity contribution is 5.52. The van der Waals surface area contributed by atoms with Crippen LogP contribution in [0.15, 0.2) is 12.1 Å². The van der Waals surface area contributed by atoms with E-state index < -0.39 is 11.6 Å². The molecule has 0 N–H and O–H groups in total. The van der Waals surface area contributed by atoms with Gasteiger partial charge < -0.3 is 4.90 Å². The van der Waals surface area contributed by atoms with Crippen molar-refractivity contribution < 1.29 is 8.78 Å². The Balaban J connectivity index is 1.83. The summed E-state index contributed by atoms with van der Waals surface area (Å²) < 4.78 is 27.8. The predicted molar refractivity (Wildman–Crippen MR) is 73.4 cm³/mol. The first-order valence-electron chi connectivity index (χ1n) is 7.33. The molecule has 2 fully saturated rings. The molecule has 0 aromatic heterocycles. The lowest BCUT2D eigenvalue weighted by Crippen LogP contribution is -2.42. The number of hydrogen-bond donors (Lipinski definition) is 0. The topological polar surface area (TPSA) is 27.0 Å². The lowest BCUT2D eigenvalue weighted by molar-refractivity contribution is 0.202. The molecule has 1 saturated carbocycles. The maximum absolute atomic E-state index is 14.1. The van der Waals surface area contributed by atoms with E-state index in [2.05, 4.69) is 0 Å². The van der Waals surface area contributed by atoms with Crippen LogP contribution in [0.25, 0.3) is 0 Å². The number of rotatable bonds is 1. The molecule has 2 nitrogen and oxygen atoms in total. The summed E-state index contributed by atoms with van der Waals surface area (Å²) in [4.78, 5) is 1.95. The van der Waals surface area contributed by atoms with Crippen molar-refractivity contribution in [2.75, 3.05) is 18.0 Å². The Kier molecular flexibility index (Phi) is 3.60. The average molecular weight is 276 g/mol. The molecule has 106 valence electrons. The number of anilines is 1. The van der Waals surface area contributed by atoms with Gasteiger partial charge in [-0.2, -0.15) is 5.26 Å². The third kappa shape index (κ3) is 2.26. The second-order valence-electron chi connectivity index (χ2n) is 5.91. The molecule has 4 heteroatoms. The zero-order chi connectivity index (χ0) is 14.1. The van der Waals surface area contributed by atoms with Gasteiger partial charge in [0.25, 0.3) is 0 Å². The number of hydrogen-bond acceptors (Lipinski definition) is 2. The summed E-state index contributed by atoms with van der Waals surface area (Å²) >= 11 is 0. The van der Waals surface area contributed by atoms with E-state index in [4.69, 9.17) is 5.26 Å². The lowest BCUT2D eigenvalue weighted by Gasteiger charge is -2.42. The first-order chi connectivity index (χ1) is 9.70. The molecule has 0 spiro atoms. The monoisotopic (exact) mass is 276 g/mol. The summed E-state index contributed by atoms with van der Waals surface area (Å²) in [5.41, 5.74) is 0.0873. The van der Waals surface area contributed by atoms with Gasteiger partial charge in [-0.1, -0.05) is 19.3 Å². The molecular formula is C16H18F2N2. The smallest absolute Gasteiger partial charge is 0.183 e. The van der Waals surface area contributed by atoms with Crippen LogP contribution in [0.4, 0.5) is 14.5 Å². The van der Waals surface area contributed by atoms with Crippen molar-refractivity contribution in [1.29, 1.82) is 5.26 Å². The van der Waals surface area contributed by atoms with Crippen LogP contribution < -0.4 is 4.90 Å². The third-order valence-electron chi connectivity index (χ3n) is 4.81. The maximum atomic E-state index is 14.1. The molecule has 1 aliphatic heterocycles. The van der Waals surface area contributed by atoms with Gasteiger partial charge in [0.1, 0.15) is 6.07 Å². The average Bonchev–Trinajstić information content (AvgIpc) is 2.49. The van der Waals surface area contributed by atoms with Crippen LogP contribution in [0.3, 0.4) is 0 Å². The van der Waals surface area contributed by atoms with E-state index in [1.807, 2.05) is 4.90 Å². The Labute approximate surface area is 118 Å². The van der Waals surface area contributed by atoms with Crippen molar-refractivity contribution in [2.45, 2.75) is 32.1 Å². The van der Waals surface area contributed by atoms with E-state index >= 15 is 0 Å². The van der Waals surface area contributed by atoms with E-state index in [0.717, 1.165) is 25.4 Å². The van der Waals surface area contributed by atoms with Crippen LogP contribution in [0.1, 0.15) is 37.7 Å². The zero-order valence-corrected chi connectivity index (χ0v) is 11.4. The summed E-state index contributed by atoms with van der Waals surface area (Å²) in [6.07, 6.45) is 6.09. The molecule has 1 aromatic rings. The molecular weight excluding hydrogens is 258 g/mol. The van der Waals surface area contributed by atoms with Crippen molar-refractivity contribution in [2.24, 2.45) is 11.8 Å². The summed E-state index contributed by atoms with van der Waals surface area (Å²) in [5, 5.41) is 8.73. The van der Waals surface area contributed by atoms with Gasteiger partial charge in [0.05, 0.1) is 11.3 Å². The Hall–Kier alpha value is -1.63. The Bertz CT molecular complexity index is 550. The predicted octanol–water partition coefficient (Wildman–Crippen LogP) is 3.85. The molecule has 0 radical (unpaired) electrons. The molecule has 20 heavy (non-hydrogen) atoms. The van der Waals surface area contributed by atoms with Gasteiger partial charge >= 0.3 is 0 Å². The first-order valence-corrected chi connectivity index (χ1v) is 7.33. The molecule has 2 unspecified atom stereocenters. The van der Waals surface area contributed by atoms with Gasteiger partial charge in [0.15, 0.2) is 11.6 Å². The Morgan fingerprint density at radius 2 is 1.80 bits per heavy atom. The van der Waals surface area contributed by atoms with Gasteiger partial charge in [-0.25, -0.2) is 8.78 Å². The number of nitriles is 1. The minimum Gasteiger partial charge on any atom is -0.369 e. The molecule has 0 bridgehead atoms. The standard InChI is InChI=1S/C16H18F2N2/c17-15-12(9-19)5-6-14(16(15)18)20-8-7-11-3-1-2-4-13(11)10-20/h5-6,11,13H,1-4,7-8,10H2. The minimum atomic E-state index is -1.02. The van der Waals surface area contributed by atoms with E-state index in [1.165, 1.54) is 31.7 Å². The summed E-state index contributed by atoms with van der Waals surface area (Å²) in [7, 11) is 0. The van der Waals surface area contributed by atoms with Crippen LogP contribution >= 0.6 is 0 Å². The van der Waals surface area contributed by atoms with Gasteiger partial charge in [-0.3, -0.25) is 0 Å². The van der Waals surface area contributed by atoms with Crippen molar-refractivity contribution in [3.8, 4) is 6.07 Å². The fourth-order valence-corrected chi connectivity index (χ4v) is 3.69. The van der Waals surface area contributed by atoms with Gasteiger partial charge in [-0.15, -0.1) is 0 Å². The lowest BCUT2D eigenvalue weighted by atomic mass is 9.75. The Morgan fingerprint density at radius 1 is 1.05 bits per heavy atom. The SMILES string of the molecule is N#Cc1ccc(N2CCC3CCCCC3C2)c(F)c1F. The van der Waals surface area contributed by atoms with Crippen molar-refractivity contribution in [1.82, 2.24) is 0 Å². The van der Waals surface area contributed by atoms with Crippen molar-refractivity contribution >= 4 is 5.69 Å². The zero-order valence-electron chi connectivity index (χ0n) is 11.4. The van der Waals surface area contributed by atoms with E-state index in [1.54, 1.807) is 12.1 Å². The molecule has 1 aromatic carbocycles. The van der Waals surface area contributed by atoms with Crippen molar-refractivity contribution in [3.05, 3.63) is 29.3 Å². The van der Waals surface area contributed by atoms with Crippen LogP contribution in [0, 0.1) is 34.8 Å². The van der Waals surface area contributed by atoms with E-state index in [0.29, 0.717) is 11.6 Å². The minimum absolute atomic E-state index is 0.223. The number of halogens is 2. The summed E-state index contributed by atoms with van der Waals surface area (Å²) in [5.74, 6) is -0.532. The number of benzene rings is 1. The highest BCUT2D eigenvalue weighted by Gasteiger charge is 2.32. The van der Waals surface area contributed by atoms with E-state index in [9.17, 15) is 8.78 Å². The van der Waals surface area contributed by atoms with Crippen molar-refractivity contribution in [3.63, 3.8) is 0 Å². The first kappa shape index (κ1) is 13.4. The number of fused-ring (bicyclic) bond motifs is 1. The van der Waals surface area contributed by atoms with Crippen LogP contribution in [0.5, 0.6) is 0 Å². The molecule has 1 aliphatic carbocycles. The van der Waals surface area contributed by atoms with Gasteiger partial charge in [-0.05, 0) is 36.8 Å². The molecule has 1 heterocycles. The molecule has 0 amide bonds. The molecule has 2 aliphatic rings. The highest BCUT2D eigenvalue weighted by atomic mass is 19.2. The van der Waals surface area contributed by atoms with Gasteiger partial charge in [0, 0.05) is 13.1 Å². The highest BCUT2D eigenvalue weighted by Crippen LogP contribution is 2.38. The quantitative estimate of drug-likeness (QED) is 0.779. The normalized spacial score (nSPS) is 25.9. The Morgan fingerprint density at radius 3 is 2.55 bits per heavy atom. The molecule has 2 atom stereocenters. The van der Waals surface area contributed by atoms with E-state index in [-0.39, 0.29) is 5.56 Å². The van der Waals surface area contributed by atoms with Crippen LogP contribution in [-0.2, 0) is 0 Å².